The Morgan fingerprint density at radius 3 is 2.70 bits per heavy atom. The average Bonchev–Trinajstić information content (AvgIpc) is 3.08. The van der Waals surface area contributed by atoms with Gasteiger partial charge in [-0.2, -0.15) is 0 Å². The summed E-state index contributed by atoms with van der Waals surface area (Å²) in [6.45, 7) is 4.37. The fraction of sp³-hybridized carbons (Fsp3) is 0.722. The first-order valence-corrected chi connectivity index (χ1v) is 9.99. The zero-order valence-electron chi connectivity index (χ0n) is 14.0. The number of guanidine groups is 1. The number of likely N-dealkylation sites (tertiary alicyclic amines) is 1. The lowest BCUT2D eigenvalue weighted by Crippen LogP contribution is -2.41. The van der Waals surface area contributed by atoms with E-state index in [1.807, 2.05) is 11.3 Å². The molecule has 2 heterocycles. The van der Waals surface area contributed by atoms with Crippen molar-refractivity contribution in [2.75, 3.05) is 19.6 Å². The largest absolute Gasteiger partial charge is 0.370 e. The van der Waals surface area contributed by atoms with Crippen LogP contribution in [0.4, 0.5) is 0 Å². The summed E-state index contributed by atoms with van der Waals surface area (Å²) in [5.41, 5.74) is 6.07. The van der Waals surface area contributed by atoms with E-state index in [0.29, 0.717) is 17.9 Å². The van der Waals surface area contributed by atoms with E-state index in [-0.39, 0.29) is 0 Å². The van der Waals surface area contributed by atoms with Crippen LogP contribution in [0.5, 0.6) is 0 Å². The minimum absolute atomic E-state index is 0.556. The van der Waals surface area contributed by atoms with Gasteiger partial charge in [-0.3, -0.25) is 9.89 Å². The van der Waals surface area contributed by atoms with Crippen molar-refractivity contribution in [1.29, 1.82) is 0 Å². The summed E-state index contributed by atoms with van der Waals surface area (Å²) in [6.07, 6.45) is 9.01. The highest BCUT2D eigenvalue weighted by molar-refractivity contribution is 7.09. The lowest BCUT2D eigenvalue weighted by Gasteiger charge is -2.31. The third-order valence-corrected chi connectivity index (χ3v) is 6.00. The molecule has 1 aliphatic carbocycles. The molecule has 3 rings (SSSR count). The Balaban J connectivity index is 1.35. The third-order valence-electron chi connectivity index (χ3n) is 5.14. The normalized spacial score (nSPS) is 22.3. The molecule has 5 heteroatoms. The average molecular weight is 335 g/mol. The molecule has 3 N–H and O–H groups in total. The van der Waals surface area contributed by atoms with Crippen molar-refractivity contribution in [3.05, 3.63) is 22.4 Å². The maximum atomic E-state index is 6.07. The Bertz CT molecular complexity index is 471. The zero-order valence-corrected chi connectivity index (χ0v) is 14.9. The predicted octanol–water partition coefficient (Wildman–Crippen LogP) is 3.20. The molecule has 128 valence electrons. The molecule has 0 bridgehead atoms. The molecule has 1 saturated heterocycles. The van der Waals surface area contributed by atoms with Crippen LogP contribution in [0.25, 0.3) is 0 Å². The van der Waals surface area contributed by atoms with E-state index in [1.165, 1.54) is 62.9 Å². The molecule has 2 aliphatic rings. The van der Waals surface area contributed by atoms with Crippen molar-refractivity contribution in [2.24, 2.45) is 16.6 Å². The van der Waals surface area contributed by atoms with Gasteiger partial charge in [0.1, 0.15) is 0 Å². The van der Waals surface area contributed by atoms with Gasteiger partial charge in [0.25, 0.3) is 0 Å². The molecule has 0 amide bonds. The molecular weight excluding hydrogens is 304 g/mol. The molecule has 1 aromatic rings. The Morgan fingerprint density at radius 2 is 2.00 bits per heavy atom. The van der Waals surface area contributed by atoms with Gasteiger partial charge in [0, 0.05) is 24.0 Å². The molecule has 0 atom stereocenters. The molecule has 0 spiro atoms. The minimum atomic E-state index is 0.556. The fourth-order valence-electron chi connectivity index (χ4n) is 3.68. The van der Waals surface area contributed by atoms with Crippen molar-refractivity contribution in [2.45, 2.75) is 57.5 Å². The number of hydrogen-bond donors (Lipinski definition) is 2. The second kappa shape index (κ2) is 8.69. The molecule has 0 aromatic carbocycles. The molecule has 1 aliphatic heterocycles. The maximum absolute atomic E-state index is 6.07. The Kier molecular flexibility index (Phi) is 6.34. The lowest BCUT2D eigenvalue weighted by molar-refractivity contribution is 0.182. The van der Waals surface area contributed by atoms with Crippen LogP contribution in [0.2, 0.25) is 0 Å². The topological polar surface area (TPSA) is 53.6 Å². The molecule has 1 aromatic heterocycles. The first kappa shape index (κ1) is 16.8. The smallest absolute Gasteiger partial charge is 0.188 e. The van der Waals surface area contributed by atoms with Gasteiger partial charge in [-0.25, -0.2) is 0 Å². The van der Waals surface area contributed by atoms with Gasteiger partial charge < -0.3 is 11.1 Å². The summed E-state index contributed by atoms with van der Waals surface area (Å²) in [6, 6.07) is 4.93. The van der Waals surface area contributed by atoms with Gasteiger partial charge in [-0.1, -0.05) is 25.3 Å². The van der Waals surface area contributed by atoms with Crippen LogP contribution in [0.1, 0.15) is 49.8 Å². The Hall–Kier alpha value is -1.07. The van der Waals surface area contributed by atoms with Crippen molar-refractivity contribution in [3.8, 4) is 0 Å². The Labute approximate surface area is 144 Å². The number of aliphatic imine (C=N–C) groups is 1. The maximum Gasteiger partial charge on any atom is 0.188 e. The minimum Gasteiger partial charge on any atom is -0.370 e. The Morgan fingerprint density at radius 1 is 1.22 bits per heavy atom. The van der Waals surface area contributed by atoms with Crippen LogP contribution in [-0.2, 0) is 6.54 Å². The van der Waals surface area contributed by atoms with E-state index in [0.717, 1.165) is 13.1 Å². The number of nitrogens with two attached hydrogens (primary N) is 1. The molecule has 23 heavy (non-hydrogen) atoms. The van der Waals surface area contributed by atoms with Crippen LogP contribution in [-0.4, -0.2) is 36.5 Å². The molecule has 0 radical (unpaired) electrons. The van der Waals surface area contributed by atoms with E-state index in [9.17, 15) is 0 Å². The van der Waals surface area contributed by atoms with Crippen LogP contribution >= 0.6 is 11.3 Å². The van der Waals surface area contributed by atoms with Crippen molar-refractivity contribution < 1.29 is 0 Å². The van der Waals surface area contributed by atoms with Crippen molar-refractivity contribution in [1.82, 2.24) is 10.2 Å². The van der Waals surface area contributed by atoms with Gasteiger partial charge in [0.15, 0.2) is 5.96 Å². The van der Waals surface area contributed by atoms with Crippen molar-refractivity contribution >= 4 is 17.3 Å². The first-order valence-electron chi connectivity index (χ1n) is 9.11. The molecule has 2 fully saturated rings. The quantitative estimate of drug-likeness (QED) is 0.642. The second-order valence-corrected chi connectivity index (χ2v) is 8.04. The van der Waals surface area contributed by atoms with Crippen LogP contribution in [0.3, 0.4) is 0 Å². The highest BCUT2D eigenvalue weighted by atomic mass is 32.1. The predicted molar refractivity (Wildman–Crippen MR) is 98.8 cm³/mol. The van der Waals surface area contributed by atoms with Crippen LogP contribution < -0.4 is 11.1 Å². The SMILES string of the molecule is NC(=NCC1CCN(Cc2cccs2)CC1)NC1CCCCC1. The van der Waals surface area contributed by atoms with Gasteiger partial charge in [-0.05, 0) is 56.1 Å². The molecular formula is C18H30N4S. The number of nitrogens with one attached hydrogen (secondary N) is 1. The van der Waals surface area contributed by atoms with Crippen LogP contribution in [0, 0.1) is 5.92 Å². The number of piperidine rings is 1. The first-order chi connectivity index (χ1) is 11.3. The van der Waals surface area contributed by atoms with E-state index >= 15 is 0 Å². The third kappa shape index (κ3) is 5.50. The summed E-state index contributed by atoms with van der Waals surface area (Å²) in [4.78, 5) is 8.65. The van der Waals surface area contributed by atoms with Crippen LogP contribution in [0.15, 0.2) is 22.5 Å². The summed E-state index contributed by atoms with van der Waals surface area (Å²) in [5, 5.41) is 5.58. The summed E-state index contributed by atoms with van der Waals surface area (Å²) in [5.74, 6) is 1.36. The lowest BCUT2D eigenvalue weighted by atomic mass is 9.95. The highest BCUT2D eigenvalue weighted by Gasteiger charge is 2.19. The van der Waals surface area contributed by atoms with E-state index in [4.69, 9.17) is 5.73 Å². The summed E-state index contributed by atoms with van der Waals surface area (Å²) >= 11 is 1.86. The summed E-state index contributed by atoms with van der Waals surface area (Å²) < 4.78 is 0. The number of hydrogen-bond acceptors (Lipinski definition) is 3. The van der Waals surface area contributed by atoms with Gasteiger partial charge in [0.05, 0.1) is 0 Å². The fourth-order valence-corrected chi connectivity index (χ4v) is 4.43. The van der Waals surface area contributed by atoms with Crippen molar-refractivity contribution in [3.63, 3.8) is 0 Å². The molecule has 4 nitrogen and oxygen atoms in total. The van der Waals surface area contributed by atoms with Gasteiger partial charge >= 0.3 is 0 Å². The zero-order chi connectivity index (χ0) is 15.9. The molecule has 1 saturated carbocycles. The van der Waals surface area contributed by atoms with Gasteiger partial charge in [0.2, 0.25) is 0 Å². The highest BCUT2D eigenvalue weighted by Crippen LogP contribution is 2.21. The second-order valence-electron chi connectivity index (χ2n) is 7.00. The number of thiophene rings is 1. The number of nitrogens with zero attached hydrogens (tertiary/aromatic N) is 2. The van der Waals surface area contributed by atoms with E-state index in [1.54, 1.807) is 0 Å². The van der Waals surface area contributed by atoms with E-state index < -0.39 is 0 Å². The monoisotopic (exact) mass is 334 g/mol. The number of rotatable bonds is 5. The standard InChI is InChI=1S/C18H30N4S/c19-18(21-16-5-2-1-3-6-16)20-13-15-8-10-22(11-9-15)14-17-7-4-12-23-17/h4,7,12,15-16H,1-3,5-6,8-11,13-14H2,(H3,19,20,21). The van der Waals surface area contributed by atoms with Gasteiger partial charge in [-0.15, -0.1) is 11.3 Å². The van der Waals surface area contributed by atoms with E-state index in [2.05, 4.69) is 32.7 Å². The summed E-state index contributed by atoms with van der Waals surface area (Å²) in [7, 11) is 0. The molecule has 0 unspecified atom stereocenters.